The van der Waals surface area contributed by atoms with E-state index in [1.807, 2.05) is 23.2 Å². The van der Waals surface area contributed by atoms with Crippen molar-refractivity contribution in [3.05, 3.63) is 47.5 Å². The molecule has 0 bridgehead atoms. The Morgan fingerprint density at radius 3 is 3.21 bits per heavy atom. The van der Waals surface area contributed by atoms with Gasteiger partial charge in [-0.1, -0.05) is 11.6 Å². The number of anilines is 1. The van der Waals surface area contributed by atoms with E-state index in [1.54, 1.807) is 12.1 Å². The lowest BCUT2D eigenvalue weighted by Crippen LogP contribution is -2.45. The van der Waals surface area contributed by atoms with E-state index in [1.165, 1.54) is 6.26 Å². The molecule has 24 heavy (non-hydrogen) atoms. The smallest absolute Gasteiger partial charge is 0.289 e. The summed E-state index contributed by atoms with van der Waals surface area (Å²) in [7, 11) is 0. The SMILES string of the molecule is O=C(c1ccco1)N1CCC[C@@H](Nc2cc(Cl)c3cc[nH]c3n2)C1. The fourth-order valence-electron chi connectivity index (χ4n) is 3.11. The number of likely N-dealkylation sites (tertiary alicyclic amines) is 1. The number of hydrogen-bond acceptors (Lipinski definition) is 4. The van der Waals surface area contributed by atoms with Crippen molar-refractivity contribution < 1.29 is 9.21 Å². The van der Waals surface area contributed by atoms with Gasteiger partial charge in [0, 0.05) is 30.7 Å². The van der Waals surface area contributed by atoms with Gasteiger partial charge in [-0.3, -0.25) is 4.79 Å². The first-order chi connectivity index (χ1) is 11.7. The summed E-state index contributed by atoms with van der Waals surface area (Å²) in [6, 6.07) is 7.28. The van der Waals surface area contributed by atoms with Crippen molar-refractivity contribution in [3.8, 4) is 0 Å². The van der Waals surface area contributed by atoms with Crippen LogP contribution < -0.4 is 5.32 Å². The van der Waals surface area contributed by atoms with Gasteiger partial charge in [0.15, 0.2) is 5.76 Å². The van der Waals surface area contributed by atoms with E-state index < -0.39 is 0 Å². The number of carbonyl (C=O) groups is 1. The van der Waals surface area contributed by atoms with E-state index in [2.05, 4.69) is 15.3 Å². The average Bonchev–Trinajstić information content (AvgIpc) is 3.26. The molecule has 1 fully saturated rings. The van der Waals surface area contributed by atoms with E-state index in [-0.39, 0.29) is 11.9 Å². The molecule has 0 aliphatic carbocycles. The summed E-state index contributed by atoms with van der Waals surface area (Å²) in [6.45, 7) is 1.35. The minimum absolute atomic E-state index is 0.0719. The Morgan fingerprint density at radius 2 is 2.38 bits per heavy atom. The van der Waals surface area contributed by atoms with Crippen molar-refractivity contribution in [3.63, 3.8) is 0 Å². The molecule has 1 aliphatic rings. The van der Waals surface area contributed by atoms with Crippen molar-refractivity contribution in [1.29, 1.82) is 0 Å². The molecule has 0 aromatic carbocycles. The monoisotopic (exact) mass is 344 g/mol. The molecular formula is C17H17ClN4O2. The fraction of sp³-hybridized carbons (Fsp3) is 0.294. The van der Waals surface area contributed by atoms with E-state index in [0.717, 1.165) is 30.4 Å². The van der Waals surface area contributed by atoms with E-state index >= 15 is 0 Å². The minimum Gasteiger partial charge on any atom is -0.459 e. The van der Waals surface area contributed by atoms with Crippen LogP contribution >= 0.6 is 11.6 Å². The van der Waals surface area contributed by atoms with E-state index in [4.69, 9.17) is 16.0 Å². The molecule has 124 valence electrons. The number of pyridine rings is 1. The maximum absolute atomic E-state index is 12.4. The standard InChI is InChI=1S/C17H17ClN4O2/c18-13-9-15(21-16-12(13)5-6-19-16)20-11-3-1-7-22(10-11)17(23)14-4-2-8-24-14/h2,4-6,8-9,11H,1,3,7,10H2,(H2,19,20,21)/t11-/m1/s1. The number of nitrogens with one attached hydrogen (secondary N) is 2. The Kier molecular flexibility index (Phi) is 3.90. The number of aromatic nitrogens is 2. The highest BCUT2D eigenvalue weighted by Crippen LogP contribution is 2.25. The third-order valence-corrected chi connectivity index (χ3v) is 4.58. The number of carbonyl (C=O) groups excluding carboxylic acids is 1. The highest BCUT2D eigenvalue weighted by Gasteiger charge is 2.26. The van der Waals surface area contributed by atoms with Gasteiger partial charge in [0.05, 0.1) is 11.3 Å². The molecular weight excluding hydrogens is 328 g/mol. The first-order valence-corrected chi connectivity index (χ1v) is 8.31. The second-order valence-electron chi connectivity index (χ2n) is 5.94. The zero-order chi connectivity index (χ0) is 16.5. The van der Waals surface area contributed by atoms with E-state index in [0.29, 0.717) is 23.1 Å². The molecule has 0 spiro atoms. The van der Waals surface area contributed by atoms with Gasteiger partial charge in [-0.15, -0.1) is 0 Å². The van der Waals surface area contributed by atoms with Crippen LogP contribution in [0.1, 0.15) is 23.4 Å². The molecule has 0 unspecified atom stereocenters. The minimum atomic E-state index is -0.0719. The van der Waals surface area contributed by atoms with Crippen LogP contribution in [0.25, 0.3) is 11.0 Å². The highest BCUT2D eigenvalue weighted by atomic mass is 35.5. The third-order valence-electron chi connectivity index (χ3n) is 4.27. The first-order valence-electron chi connectivity index (χ1n) is 7.93. The van der Waals surface area contributed by atoms with Crippen molar-refractivity contribution >= 4 is 34.4 Å². The molecule has 7 heteroatoms. The van der Waals surface area contributed by atoms with E-state index in [9.17, 15) is 4.79 Å². The lowest BCUT2D eigenvalue weighted by Gasteiger charge is -2.33. The maximum atomic E-state index is 12.4. The molecule has 6 nitrogen and oxygen atoms in total. The Hall–Kier alpha value is -2.47. The number of halogens is 1. The lowest BCUT2D eigenvalue weighted by molar-refractivity contribution is 0.0682. The molecule has 1 aliphatic heterocycles. The molecule has 1 saturated heterocycles. The van der Waals surface area contributed by atoms with Crippen LogP contribution in [0.4, 0.5) is 5.82 Å². The summed E-state index contributed by atoms with van der Waals surface area (Å²) >= 11 is 6.29. The van der Waals surface area contributed by atoms with Gasteiger partial charge >= 0.3 is 0 Å². The third kappa shape index (κ3) is 2.85. The van der Waals surface area contributed by atoms with Crippen molar-refractivity contribution in [2.24, 2.45) is 0 Å². The van der Waals surface area contributed by atoms with Crippen LogP contribution in [0.15, 0.2) is 41.1 Å². The summed E-state index contributed by atoms with van der Waals surface area (Å²) < 4.78 is 5.21. The zero-order valence-corrected chi connectivity index (χ0v) is 13.7. The maximum Gasteiger partial charge on any atom is 0.289 e. The normalized spacial score (nSPS) is 18.0. The number of rotatable bonds is 3. The number of H-pyrrole nitrogens is 1. The lowest BCUT2D eigenvalue weighted by atomic mass is 10.1. The van der Waals surface area contributed by atoms with Crippen molar-refractivity contribution in [2.75, 3.05) is 18.4 Å². The molecule has 4 rings (SSSR count). The Morgan fingerprint density at radius 1 is 1.46 bits per heavy atom. The second-order valence-corrected chi connectivity index (χ2v) is 6.35. The number of aromatic amines is 1. The van der Waals surface area contributed by atoms with Gasteiger partial charge in [-0.25, -0.2) is 4.98 Å². The summed E-state index contributed by atoms with van der Waals surface area (Å²) in [5.74, 6) is 1.02. The Balaban J connectivity index is 1.48. The van der Waals surface area contributed by atoms with Gasteiger partial charge in [-0.2, -0.15) is 0 Å². The van der Waals surface area contributed by atoms with Crippen LogP contribution in [0.3, 0.4) is 0 Å². The summed E-state index contributed by atoms with van der Waals surface area (Å²) in [5.41, 5.74) is 0.754. The second kappa shape index (κ2) is 6.20. The number of furan rings is 1. The molecule has 0 saturated carbocycles. The van der Waals surface area contributed by atoms with Crippen LogP contribution in [0.2, 0.25) is 5.02 Å². The van der Waals surface area contributed by atoms with Gasteiger partial charge in [0.25, 0.3) is 5.91 Å². The summed E-state index contributed by atoms with van der Waals surface area (Å²) in [6.07, 6.45) is 5.24. The number of piperidine rings is 1. The first kappa shape index (κ1) is 15.1. The Labute approximate surface area is 143 Å². The van der Waals surface area contributed by atoms with Gasteiger partial charge in [0.2, 0.25) is 0 Å². The molecule has 3 aromatic rings. The molecule has 1 atom stereocenters. The Bertz CT molecular complexity index is 859. The van der Waals surface area contributed by atoms with Crippen LogP contribution in [0.5, 0.6) is 0 Å². The van der Waals surface area contributed by atoms with Gasteiger partial charge in [-0.05, 0) is 37.1 Å². The number of amides is 1. The largest absolute Gasteiger partial charge is 0.459 e. The topological polar surface area (TPSA) is 74.2 Å². The zero-order valence-electron chi connectivity index (χ0n) is 13.0. The molecule has 2 N–H and O–H groups in total. The van der Waals surface area contributed by atoms with Gasteiger partial charge in [0.1, 0.15) is 11.5 Å². The number of hydrogen-bond donors (Lipinski definition) is 2. The van der Waals surface area contributed by atoms with Crippen LogP contribution in [-0.4, -0.2) is 39.9 Å². The summed E-state index contributed by atoms with van der Waals surface area (Å²) in [5, 5.41) is 4.95. The number of fused-ring (bicyclic) bond motifs is 1. The van der Waals surface area contributed by atoms with Gasteiger partial charge < -0.3 is 19.6 Å². The molecule has 4 heterocycles. The van der Waals surface area contributed by atoms with Crippen LogP contribution in [0, 0.1) is 0 Å². The van der Waals surface area contributed by atoms with Crippen LogP contribution in [-0.2, 0) is 0 Å². The molecule has 1 amide bonds. The van der Waals surface area contributed by atoms with Crippen molar-refractivity contribution in [2.45, 2.75) is 18.9 Å². The predicted octanol–water partition coefficient (Wildman–Crippen LogP) is 3.53. The molecule has 0 radical (unpaired) electrons. The molecule has 3 aromatic heterocycles. The van der Waals surface area contributed by atoms with Crippen molar-refractivity contribution in [1.82, 2.24) is 14.9 Å². The number of nitrogens with zero attached hydrogens (tertiary/aromatic N) is 2. The fourth-order valence-corrected chi connectivity index (χ4v) is 3.37. The highest BCUT2D eigenvalue weighted by molar-refractivity contribution is 6.35. The quantitative estimate of drug-likeness (QED) is 0.762. The summed E-state index contributed by atoms with van der Waals surface area (Å²) in [4.78, 5) is 21.8. The predicted molar refractivity (Wildman–Crippen MR) is 92.4 cm³/mol. The average molecular weight is 345 g/mol.